The first-order chi connectivity index (χ1) is 16.2. The summed E-state index contributed by atoms with van der Waals surface area (Å²) < 4.78 is 5.97. The number of aryl methyl sites for hydroxylation is 1. The lowest BCUT2D eigenvalue weighted by molar-refractivity contribution is 0.183. The maximum absolute atomic E-state index is 10.3. The maximum atomic E-state index is 10.3. The Balaban J connectivity index is 1.29. The van der Waals surface area contributed by atoms with E-state index in [1.165, 1.54) is 32.4 Å². The van der Waals surface area contributed by atoms with Crippen LogP contribution in [0.25, 0.3) is 0 Å². The van der Waals surface area contributed by atoms with Crippen LogP contribution in [0.1, 0.15) is 36.5 Å². The van der Waals surface area contributed by atoms with Crippen LogP contribution < -0.4 is 15.4 Å². The SMILES string of the molecule is Cc1cc(OCCN2CCCCC2)ccc1Nc1nccc(NCC(O)c2ccccc2)n1. The van der Waals surface area contributed by atoms with Gasteiger partial charge in [0.15, 0.2) is 0 Å². The summed E-state index contributed by atoms with van der Waals surface area (Å²) in [5, 5.41) is 16.8. The Morgan fingerprint density at radius 1 is 1.06 bits per heavy atom. The predicted molar refractivity (Wildman–Crippen MR) is 132 cm³/mol. The molecule has 0 bridgehead atoms. The van der Waals surface area contributed by atoms with Crippen molar-refractivity contribution in [1.29, 1.82) is 0 Å². The van der Waals surface area contributed by atoms with Gasteiger partial charge in [0.2, 0.25) is 5.95 Å². The van der Waals surface area contributed by atoms with Gasteiger partial charge in [-0.05, 0) is 68.2 Å². The highest BCUT2D eigenvalue weighted by Gasteiger charge is 2.11. The van der Waals surface area contributed by atoms with Crippen LogP contribution in [0.4, 0.5) is 17.5 Å². The van der Waals surface area contributed by atoms with Crippen molar-refractivity contribution in [2.24, 2.45) is 0 Å². The maximum Gasteiger partial charge on any atom is 0.229 e. The van der Waals surface area contributed by atoms with Gasteiger partial charge in [-0.15, -0.1) is 0 Å². The Morgan fingerprint density at radius 3 is 2.67 bits per heavy atom. The average molecular weight is 448 g/mol. The summed E-state index contributed by atoms with van der Waals surface area (Å²) in [5.41, 5.74) is 2.86. The van der Waals surface area contributed by atoms with Crippen LogP contribution in [0, 0.1) is 6.92 Å². The molecule has 0 aliphatic carbocycles. The zero-order chi connectivity index (χ0) is 22.9. The number of hydrogen-bond acceptors (Lipinski definition) is 7. The molecule has 1 atom stereocenters. The fourth-order valence-corrected chi connectivity index (χ4v) is 3.97. The van der Waals surface area contributed by atoms with Crippen molar-refractivity contribution in [2.75, 3.05) is 43.4 Å². The lowest BCUT2D eigenvalue weighted by atomic mass is 10.1. The standard InChI is InChI=1S/C26H33N5O2/c1-20-18-22(33-17-16-31-14-6-3-7-15-31)10-11-23(20)29-26-27-13-12-25(30-26)28-19-24(32)21-8-4-2-5-9-21/h2,4-5,8-13,18,24,32H,3,6-7,14-17,19H2,1H3,(H2,27,28,29,30). The number of nitrogens with one attached hydrogen (secondary N) is 2. The third kappa shape index (κ3) is 6.91. The second-order valence-corrected chi connectivity index (χ2v) is 8.43. The molecule has 0 spiro atoms. The first-order valence-electron chi connectivity index (χ1n) is 11.7. The molecule has 1 fully saturated rings. The van der Waals surface area contributed by atoms with Gasteiger partial charge in [-0.1, -0.05) is 36.8 Å². The lowest BCUT2D eigenvalue weighted by Gasteiger charge is -2.26. The molecule has 0 radical (unpaired) electrons. The summed E-state index contributed by atoms with van der Waals surface area (Å²) in [6, 6.07) is 17.4. The van der Waals surface area contributed by atoms with E-state index in [9.17, 15) is 5.11 Å². The number of piperidine rings is 1. The van der Waals surface area contributed by atoms with Crippen molar-refractivity contribution in [3.05, 3.63) is 71.9 Å². The van der Waals surface area contributed by atoms with Crippen LogP contribution in [0.5, 0.6) is 5.75 Å². The fraction of sp³-hybridized carbons (Fsp3) is 0.385. The van der Waals surface area contributed by atoms with Gasteiger partial charge in [0.05, 0.1) is 6.10 Å². The molecule has 1 aliphatic rings. The molecule has 0 amide bonds. The highest BCUT2D eigenvalue weighted by molar-refractivity contribution is 5.60. The molecule has 2 heterocycles. The minimum Gasteiger partial charge on any atom is -0.492 e. The number of likely N-dealkylation sites (tertiary alicyclic amines) is 1. The van der Waals surface area contributed by atoms with E-state index in [2.05, 4.69) is 25.5 Å². The van der Waals surface area contributed by atoms with Gasteiger partial charge in [0, 0.05) is 25.0 Å². The van der Waals surface area contributed by atoms with Gasteiger partial charge < -0.3 is 20.5 Å². The Labute approximate surface area is 195 Å². The third-order valence-corrected chi connectivity index (χ3v) is 5.89. The van der Waals surface area contributed by atoms with E-state index in [1.807, 2.05) is 55.5 Å². The molecular formula is C26H33N5O2. The van der Waals surface area contributed by atoms with Crippen molar-refractivity contribution >= 4 is 17.5 Å². The Morgan fingerprint density at radius 2 is 1.88 bits per heavy atom. The zero-order valence-corrected chi connectivity index (χ0v) is 19.2. The Kier molecular flexibility index (Phi) is 8.11. The van der Waals surface area contributed by atoms with Crippen LogP contribution in [-0.4, -0.2) is 52.8 Å². The van der Waals surface area contributed by atoms with E-state index in [0.717, 1.165) is 29.1 Å². The number of hydrogen-bond donors (Lipinski definition) is 3. The highest BCUT2D eigenvalue weighted by atomic mass is 16.5. The monoisotopic (exact) mass is 447 g/mol. The van der Waals surface area contributed by atoms with E-state index >= 15 is 0 Å². The quantitative estimate of drug-likeness (QED) is 0.421. The van der Waals surface area contributed by atoms with Crippen LogP contribution in [-0.2, 0) is 0 Å². The third-order valence-electron chi connectivity index (χ3n) is 5.89. The minimum atomic E-state index is -0.609. The number of rotatable bonds is 10. The summed E-state index contributed by atoms with van der Waals surface area (Å²) in [6.45, 7) is 6.46. The Hall–Kier alpha value is -3.16. The summed E-state index contributed by atoms with van der Waals surface area (Å²) in [4.78, 5) is 11.3. The molecule has 7 nitrogen and oxygen atoms in total. The van der Waals surface area contributed by atoms with E-state index < -0.39 is 6.10 Å². The summed E-state index contributed by atoms with van der Waals surface area (Å²) in [7, 11) is 0. The predicted octanol–water partition coefficient (Wildman–Crippen LogP) is 4.54. The van der Waals surface area contributed by atoms with Gasteiger partial charge in [0.25, 0.3) is 0 Å². The number of aromatic nitrogens is 2. The van der Waals surface area contributed by atoms with Gasteiger partial charge in [0.1, 0.15) is 18.2 Å². The fourth-order valence-electron chi connectivity index (χ4n) is 3.97. The van der Waals surface area contributed by atoms with Gasteiger partial charge >= 0.3 is 0 Å². The smallest absolute Gasteiger partial charge is 0.229 e. The largest absolute Gasteiger partial charge is 0.492 e. The summed E-state index contributed by atoms with van der Waals surface area (Å²) in [5.74, 6) is 2.02. The van der Waals surface area contributed by atoms with Crippen molar-refractivity contribution in [3.8, 4) is 5.75 Å². The molecule has 1 unspecified atom stereocenters. The second kappa shape index (κ2) is 11.6. The summed E-state index contributed by atoms with van der Waals surface area (Å²) >= 11 is 0. The molecular weight excluding hydrogens is 414 g/mol. The van der Waals surface area contributed by atoms with Crippen molar-refractivity contribution in [1.82, 2.24) is 14.9 Å². The van der Waals surface area contributed by atoms with Crippen molar-refractivity contribution in [3.63, 3.8) is 0 Å². The number of aliphatic hydroxyl groups excluding tert-OH is 1. The molecule has 7 heteroatoms. The molecule has 33 heavy (non-hydrogen) atoms. The molecule has 4 rings (SSSR count). The average Bonchev–Trinajstić information content (AvgIpc) is 2.86. The molecule has 1 saturated heterocycles. The normalized spacial score (nSPS) is 15.1. The van der Waals surface area contributed by atoms with E-state index in [0.29, 0.717) is 24.9 Å². The van der Waals surface area contributed by atoms with Gasteiger partial charge in [-0.2, -0.15) is 4.98 Å². The number of ether oxygens (including phenoxy) is 1. The van der Waals surface area contributed by atoms with E-state index in [-0.39, 0.29) is 0 Å². The molecule has 2 aromatic carbocycles. The number of aliphatic hydroxyl groups is 1. The number of anilines is 3. The number of benzene rings is 2. The van der Waals surface area contributed by atoms with Gasteiger partial charge in [-0.3, -0.25) is 4.90 Å². The number of nitrogens with zero attached hydrogens (tertiary/aromatic N) is 3. The Bertz CT molecular complexity index is 1010. The minimum absolute atomic E-state index is 0.364. The lowest BCUT2D eigenvalue weighted by Crippen LogP contribution is -2.33. The molecule has 1 aliphatic heterocycles. The van der Waals surface area contributed by atoms with Crippen LogP contribution >= 0.6 is 0 Å². The highest BCUT2D eigenvalue weighted by Crippen LogP contribution is 2.24. The van der Waals surface area contributed by atoms with Crippen LogP contribution in [0.3, 0.4) is 0 Å². The summed E-state index contributed by atoms with van der Waals surface area (Å²) in [6.07, 6.45) is 5.03. The first kappa shape index (κ1) is 23.0. The molecule has 0 saturated carbocycles. The van der Waals surface area contributed by atoms with Crippen LogP contribution in [0.15, 0.2) is 60.8 Å². The first-order valence-corrected chi connectivity index (χ1v) is 11.7. The topological polar surface area (TPSA) is 82.5 Å². The van der Waals surface area contributed by atoms with Gasteiger partial charge in [-0.25, -0.2) is 4.98 Å². The zero-order valence-electron chi connectivity index (χ0n) is 19.2. The van der Waals surface area contributed by atoms with E-state index in [4.69, 9.17) is 4.74 Å². The second-order valence-electron chi connectivity index (χ2n) is 8.43. The molecule has 174 valence electrons. The van der Waals surface area contributed by atoms with Crippen LogP contribution in [0.2, 0.25) is 0 Å². The van der Waals surface area contributed by atoms with Crippen molar-refractivity contribution < 1.29 is 9.84 Å². The van der Waals surface area contributed by atoms with Crippen molar-refractivity contribution in [2.45, 2.75) is 32.3 Å². The van der Waals surface area contributed by atoms with E-state index in [1.54, 1.807) is 12.3 Å². The molecule has 1 aromatic heterocycles. The molecule has 3 aromatic rings. The molecule has 3 N–H and O–H groups in total.